The van der Waals surface area contributed by atoms with Crippen molar-refractivity contribution in [2.45, 2.75) is 17.7 Å². The zero-order chi connectivity index (χ0) is 15.5. The molecule has 1 fully saturated rings. The number of carbonyl (C=O) groups excluding carboxylic acids is 1. The Balaban J connectivity index is 2.11. The van der Waals surface area contributed by atoms with Gasteiger partial charge in [0.25, 0.3) is 5.91 Å². The van der Waals surface area contributed by atoms with Crippen LogP contribution in [0.2, 0.25) is 0 Å². The Morgan fingerprint density at radius 1 is 1.14 bits per heavy atom. The zero-order valence-electron chi connectivity index (χ0n) is 11.3. The lowest BCUT2D eigenvalue weighted by atomic mass is 10.2. The van der Waals surface area contributed by atoms with Gasteiger partial charge in [0.2, 0.25) is 10.0 Å². The minimum Gasteiger partial charge on any atom is -0.480 e. The normalized spacial score (nSPS) is 15.8. The summed E-state index contributed by atoms with van der Waals surface area (Å²) in [6, 6.07) is 5.48. The van der Waals surface area contributed by atoms with Gasteiger partial charge in [-0.3, -0.25) is 9.59 Å². The molecule has 0 atom stereocenters. The number of hydrogen-bond acceptors (Lipinski definition) is 4. The Morgan fingerprint density at radius 3 is 2.24 bits per heavy atom. The van der Waals surface area contributed by atoms with E-state index in [1.165, 1.54) is 28.6 Å². The average molecular weight is 312 g/mol. The SMILES string of the molecule is O=C(O)CNC(=O)c1ccc(S(=O)(=O)N2CCCC2)cc1. The molecule has 7 nitrogen and oxygen atoms in total. The smallest absolute Gasteiger partial charge is 0.322 e. The number of nitrogens with zero attached hydrogens (tertiary/aromatic N) is 1. The van der Waals surface area contributed by atoms with Gasteiger partial charge in [-0.15, -0.1) is 0 Å². The maximum absolute atomic E-state index is 12.3. The second-order valence-corrected chi connectivity index (χ2v) is 6.65. The first-order valence-corrected chi connectivity index (χ1v) is 7.95. The highest BCUT2D eigenvalue weighted by atomic mass is 32.2. The number of carboxylic acid groups (broad SMARTS) is 1. The topological polar surface area (TPSA) is 104 Å². The van der Waals surface area contributed by atoms with E-state index in [1.54, 1.807) is 0 Å². The van der Waals surface area contributed by atoms with Crippen LogP contribution in [0.1, 0.15) is 23.2 Å². The van der Waals surface area contributed by atoms with Crippen molar-refractivity contribution in [3.05, 3.63) is 29.8 Å². The van der Waals surface area contributed by atoms with Crippen LogP contribution in [0.5, 0.6) is 0 Å². The van der Waals surface area contributed by atoms with Gasteiger partial charge >= 0.3 is 5.97 Å². The number of carboxylic acids is 1. The fraction of sp³-hybridized carbons (Fsp3) is 0.385. The third kappa shape index (κ3) is 3.59. The summed E-state index contributed by atoms with van der Waals surface area (Å²) in [5.74, 6) is -1.70. The number of benzene rings is 1. The summed E-state index contributed by atoms with van der Waals surface area (Å²) in [6.07, 6.45) is 1.71. The lowest BCUT2D eigenvalue weighted by Crippen LogP contribution is -2.29. The number of rotatable bonds is 5. The van der Waals surface area contributed by atoms with Crippen molar-refractivity contribution in [3.63, 3.8) is 0 Å². The summed E-state index contributed by atoms with van der Waals surface area (Å²) >= 11 is 0. The van der Waals surface area contributed by atoms with E-state index in [0.717, 1.165) is 12.8 Å². The van der Waals surface area contributed by atoms with Crippen LogP contribution in [0.4, 0.5) is 0 Å². The summed E-state index contributed by atoms with van der Waals surface area (Å²) in [4.78, 5) is 22.1. The Kier molecular flexibility index (Phi) is 4.59. The summed E-state index contributed by atoms with van der Waals surface area (Å²) in [7, 11) is -3.50. The van der Waals surface area contributed by atoms with Crippen molar-refractivity contribution in [2.75, 3.05) is 19.6 Å². The monoisotopic (exact) mass is 312 g/mol. The van der Waals surface area contributed by atoms with Gasteiger partial charge in [-0.1, -0.05) is 0 Å². The molecule has 1 amide bonds. The molecule has 0 unspecified atom stereocenters. The predicted octanol–water partition coefficient (Wildman–Crippen LogP) is 0.286. The third-order valence-electron chi connectivity index (χ3n) is 3.22. The van der Waals surface area contributed by atoms with Crippen LogP contribution in [-0.2, 0) is 14.8 Å². The summed E-state index contributed by atoms with van der Waals surface area (Å²) in [5, 5.41) is 10.7. The molecule has 1 aromatic rings. The Hall–Kier alpha value is -1.93. The van der Waals surface area contributed by atoms with E-state index in [9.17, 15) is 18.0 Å². The molecule has 1 aliphatic rings. The summed E-state index contributed by atoms with van der Waals surface area (Å²) in [5.41, 5.74) is 0.219. The zero-order valence-corrected chi connectivity index (χ0v) is 12.1. The fourth-order valence-electron chi connectivity index (χ4n) is 2.11. The van der Waals surface area contributed by atoms with E-state index in [1.807, 2.05) is 0 Å². The minimum absolute atomic E-state index is 0.138. The summed E-state index contributed by atoms with van der Waals surface area (Å²) < 4.78 is 26.0. The van der Waals surface area contributed by atoms with Crippen LogP contribution in [0, 0.1) is 0 Å². The molecule has 114 valence electrons. The molecule has 0 bridgehead atoms. The first-order valence-electron chi connectivity index (χ1n) is 6.51. The molecule has 21 heavy (non-hydrogen) atoms. The first-order chi connectivity index (χ1) is 9.91. The molecule has 2 N–H and O–H groups in total. The second-order valence-electron chi connectivity index (χ2n) is 4.71. The van der Waals surface area contributed by atoms with Crippen LogP contribution in [-0.4, -0.2) is 49.3 Å². The van der Waals surface area contributed by atoms with Crippen molar-refractivity contribution in [3.8, 4) is 0 Å². The maximum Gasteiger partial charge on any atom is 0.322 e. The van der Waals surface area contributed by atoms with Gasteiger partial charge in [0, 0.05) is 18.7 Å². The molecule has 8 heteroatoms. The van der Waals surface area contributed by atoms with E-state index in [2.05, 4.69) is 5.32 Å². The van der Waals surface area contributed by atoms with Crippen molar-refractivity contribution in [1.29, 1.82) is 0 Å². The van der Waals surface area contributed by atoms with Crippen LogP contribution in [0.25, 0.3) is 0 Å². The quantitative estimate of drug-likeness (QED) is 0.813. The van der Waals surface area contributed by atoms with Crippen molar-refractivity contribution >= 4 is 21.9 Å². The average Bonchev–Trinajstić information content (AvgIpc) is 2.99. The molecule has 1 aliphatic heterocycles. The van der Waals surface area contributed by atoms with Crippen molar-refractivity contribution < 1.29 is 23.1 Å². The molecule has 1 saturated heterocycles. The highest BCUT2D eigenvalue weighted by Crippen LogP contribution is 2.20. The Labute approximate surface area is 122 Å². The van der Waals surface area contributed by atoms with Gasteiger partial charge in [-0.05, 0) is 37.1 Å². The molecule has 0 spiro atoms. The number of sulfonamides is 1. The van der Waals surface area contributed by atoms with Crippen molar-refractivity contribution in [1.82, 2.24) is 9.62 Å². The van der Waals surface area contributed by atoms with Gasteiger partial charge in [-0.25, -0.2) is 8.42 Å². The van der Waals surface area contributed by atoms with Gasteiger partial charge in [-0.2, -0.15) is 4.31 Å². The van der Waals surface area contributed by atoms with Crippen LogP contribution in [0.15, 0.2) is 29.2 Å². The first kappa shape index (κ1) is 15.5. The molecular weight excluding hydrogens is 296 g/mol. The van der Waals surface area contributed by atoms with E-state index in [-0.39, 0.29) is 10.5 Å². The molecule has 0 aliphatic carbocycles. The van der Waals surface area contributed by atoms with E-state index < -0.39 is 28.4 Å². The Morgan fingerprint density at radius 2 is 1.71 bits per heavy atom. The third-order valence-corrected chi connectivity index (χ3v) is 5.13. The molecule has 2 rings (SSSR count). The van der Waals surface area contributed by atoms with Crippen LogP contribution in [0.3, 0.4) is 0 Å². The minimum atomic E-state index is -3.50. The maximum atomic E-state index is 12.3. The number of carbonyl (C=O) groups is 2. The van der Waals surface area contributed by atoms with E-state index in [0.29, 0.717) is 13.1 Å². The predicted molar refractivity (Wildman–Crippen MR) is 74.4 cm³/mol. The molecule has 0 aromatic heterocycles. The number of amides is 1. The molecule has 0 saturated carbocycles. The Bertz CT molecular complexity index is 633. The molecular formula is C13H16N2O5S. The van der Waals surface area contributed by atoms with Gasteiger partial charge in [0.05, 0.1) is 4.90 Å². The summed E-state index contributed by atoms with van der Waals surface area (Å²) in [6.45, 7) is 0.555. The fourth-order valence-corrected chi connectivity index (χ4v) is 3.63. The standard InChI is InChI=1S/C13H16N2O5S/c16-12(17)9-14-13(18)10-3-5-11(6-4-10)21(19,20)15-7-1-2-8-15/h3-6H,1-2,7-9H2,(H,14,18)(H,16,17). The van der Waals surface area contributed by atoms with Gasteiger partial charge < -0.3 is 10.4 Å². The second kappa shape index (κ2) is 6.23. The molecule has 1 aromatic carbocycles. The van der Waals surface area contributed by atoms with Crippen molar-refractivity contribution in [2.24, 2.45) is 0 Å². The highest BCUT2D eigenvalue weighted by Gasteiger charge is 2.27. The van der Waals surface area contributed by atoms with Gasteiger partial charge in [0.15, 0.2) is 0 Å². The van der Waals surface area contributed by atoms with Crippen LogP contribution >= 0.6 is 0 Å². The number of hydrogen-bond donors (Lipinski definition) is 2. The lowest BCUT2D eigenvalue weighted by molar-refractivity contribution is -0.135. The number of aliphatic carboxylic acids is 1. The molecule has 0 radical (unpaired) electrons. The highest BCUT2D eigenvalue weighted by molar-refractivity contribution is 7.89. The van der Waals surface area contributed by atoms with E-state index in [4.69, 9.17) is 5.11 Å². The number of nitrogens with one attached hydrogen (secondary N) is 1. The van der Waals surface area contributed by atoms with Crippen LogP contribution < -0.4 is 5.32 Å². The lowest BCUT2D eigenvalue weighted by Gasteiger charge is -2.15. The van der Waals surface area contributed by atoms with Gasteiger partial charge in [0.1, 0.15) is 6.54 Å². The molecule has 1 heterocycles. The van der Waals surface area contributed by atoms with E-state index >= 15 is 0 Å². The largest absolute Gasteiger partial charge is 0.480 e.